The van der Waals surface area contributed by atoms with Crippen molar-refractivity contribution in [3.63, 3.8) is 0 Å². The van der Waals surface area contributed by atoms with E-state index in [0.717, 1.165) is 0 Å². The predicted octanol–water partition coefficient (Wildman–Crippen LogP) is 1.68. The average molecular weight is 194 g/mol. The number of rotatable bonds is 1. The average Bonchev–Trinajstić information content (AvgIpc) is 2.16. The van der Waals surface area contributed by atoms with Crippen LogP contribution in [0.25, 0.3) is 6.08 Å². The first-order valence-corrected chi connectivity index (χ1v) is 4.04. The third-order valence-electron chi connectivity index (χ3n) is 1.92. The first-order chi connectivity index (χ1) is 6.66. The summed E-state index contributed by atoms with van der Waals surface area (Å²) in [6.45, 7) is 0. The maximum absolute atomic E-state index is 12.7. The van der Waals surface area contributed by atoms with Gasteiger partial charge in [-0.2, -0.15) is 0 Å². The Morgan fingerprint density at radius 3 is 3.00 bits per heavy atom. The van der Waals surface area contributed by atoms with Crippen molar-refractivity contribution in [3.8, 4) is 5.75 Å². The number of carbonyl (C=O) groups is 1. The van der Waals surface area contributed by atoms with E-state index in [1.54, 1.807) is 6.08 Å². The van der Waals surface area contributed by atoms with Gasteiger partial charge in [-0.05, 0) is 24.3 Å². The Bertz CT molecular complexity index is 412. The van der Waals surface area contributed by atoms with Crippen LogP contribution < -0.4 is 4.74 Å². The van der Waals surface area contributed by atoms with Gasteiger partial charge in [0.2, 0.25) is 6.10 Å². The fourth-order valence-corrected chi connectivity index (χ4v) is 1.26. The second-order valence-electron chi connectivity index (χ2n) is 2.92. The summed E-state index contributed by atoms with van der Waals surface area (Å²) in [6, 6.07) is 3.95. The van der Waals surface area contributed by atoms with Crippen LogP contribution in [-0.2, 0) is 4.79 Å². The Morgan fingerprint density at radius 1 is 1.50 bits per heavy atom. The third-order valence-corrected chi connectivity index (χ3v) is 1.92. The number of carboxylic acid groups (broad SMARTS) is 1. The summed E-state index contributed by atoms with van der Waals surface area (Å²) in [5.74, 6) is -1.04. The Hall–Kier alpha value is -1.84. The normalized spacial score (nSPS) is 18.5. The fourth-order valence-electron chi connectivity index (χ4n) is 1.26. The van der Waals surface area contributed by atoms with Crippen molar-refractivity contribution in [2.24, 2.45) is 0 Å². The van der Waals surface area contributed by atoms with Gasteiger partial charge >= 0.3 is 5.97 Å². The lowest BCUT2D eigenvalue weighted by Crippen LogP contribution is -2.26. The standard InChI is InChI=1S/C10H7FO3/c11-7-2-4-8-6(5-7)1-3-9(14-8)10(12)13/h1-5,9H,(H,12,13)/t9-/m0/s1. The van der Waals surface area contributed by atoms with Gasteiger partial charge in [-0.25, -0.2) is 9.18 Å². The third kappa shape index (κ3) is 1.46. The molecular formula is C10H7FO3. The number of halogens is 1. The Kier molecular flexibility index (Phi) is 1.96. The number of hydrogen-bond donors (Lipinski definition) is 1. The van der Waals surface area contributed by atoms with Crippen molar-refractivity contribution in [1.82, 2.24) is 0 Å². The minimum absolute atomic E-state index is 0.370. The van der Waals surface area contributed by atoms with Gasteiger partial charge in [0, 0.05) is 5.56 Å². The second-order valence-corrected chi connectivity index (χ2v) is 2.92. The maximum atomic E-state index is 12.7. The highest BCUT2D eigenvalue weighted by molar-refractivity contribution is 5.78. The molecule has 1 aliphatic rings. The molecule has 1 aliphatic heterocycles. The molecule has 72 valence electrons. The number of fused-ring (bicyclic) bond motifs is 1. The quantitative estimate of drug-likeness (QED) is 0.739. The molecule has 1 aromatic rings. The zero-order chi connectivity index (χ0) is 10.1. The fraction of sp³-hybridized carbons (Fsp3) is 0.100. The van der Waals surface area contributed by atoms with Crippen LogP contribution in [0.15, 0.2) is 24.3 Å². The van der Waals surface area contributed by atoms with Crippen LogP contribution in [0.5, 0.6) is 5.75 Å². The van der Waals surface area contributed by atoms with Crippen LogP contribution >= 0.6 is 0 Å². The molecule has 0 amide bonds. The minimum Gasteiger partial charge on any atom is -0.478 e. The number of benzene rings is 1. The smallest absolute Gasteiger partial charge is 0.349 e. The van der Waals surface area contributed by atoms with Crippen molar-refractivity contribution >= 4 is 12.0 Å². The van der Waals surface area contributed by atoms with Gasteiger partial charge in [-0.15, -0.1) is 0 Å². The molecular weight excluding hydrogens is 187 g/mol. The Balaban J connectivity index is 2.36. The van der Waals surface area contributed by atoms with Crippen molar-refractivity contribution < 1.29 is 19.0 Å². The minimum atomic E-state index is -1.06. The van der Waals surface area contributed by atoms with Gasteiger partial charge < -0.3 is 9.84 Å². The summed E-state index contributed by atoms with van der Waals surface area (Å²) in [7, 11) is 0. The SMILES string of the molecule is O=C(O)[C@@H]1C=Cc2cc(F)ccc2O1. The van der Waals surface area contributed by atoms with Crippen LogP contribution in [0.3, 0.4) is 0 Å². The second kappa shape index (κ2) is 3.14. The van der Waals surface area contributed by atoms with Gasteiger partial charge in [-0.3, -0.25) is 0 Å². The van der Waals surface area contributed by atoms with E-state index in [1.807, 2.05) is 0 Å². The van der Waals surface area contributed by atoms with E-state index in [1.165, 1.54) is 24.3 Å². The molecule has 0 spiro atoms. The maximum Gasteiger partial charge on any atom is 0.349 e. The lowest BCUT2D eigenvalue weighted by molar-refractivity contribution is -0.142. The Morgan fingerprint density at radius 2 is 2.29 bits per heavy atom. The van der Waals surface area contributed by atoms with E-state index >= 15 is 0 Å². The number of ether oxygens (including phenoxy) is 1. The van der Waals surface area contributed by atoms with Gasteiger partial charge in [0.1, 0.15) is 11.6 Å². The molecule has 1 atom stereocenters. The number of hydrogen-bond acceptors (Lipinski definition) is 2. The Labute approximate surface area is 79.4 Å². The van der Waals surface area contributed by atoms with Gasteiger partial charge in [0.25, 0.3) is 0 Å². The van der Waals surface area contributed by atoms with Crippen LogP contribution in [0, 0.1) is 5.82 Å². The molecule has 0 aromatic heterocycles. The summed E-state index contributed by atoms with van der Waals surface area (Å²) in [6.07, 6.45) is 1.94. The van der Waals surface area contributed by atoms with E-state index in [9.17, 15) is 9.18 Å². The lowest BCUT2D eigenvalue weighted by Gasteiger charge is -2.17. The first-order valence-electron chi connectivity index (χ1n) is 4.04. The molecule has 0 unspecified atom stereocenters. The molecule has 4 heteroatoms. The summed E-state index contributed by atoms with van der Waals surface area (Å²) >= 11 is 0. The molecule has 1 heterocycles. The molecule has 0 aliphatic carbocycles. The van der Waals surface area contributed by atoms with Crippen molar-refractivity contribution in [1.29, 1.82) is 0 Å². The van der Waals surface area contributed by atoms with E-state index in [4.69, 9.17) is 9.84 Å². The largest absolute Gasteiger partial charge is 0.478 e. The zero-order valence-electron chi connectivity index (χ0n) is 7.11. The molecule has 0 radical (unpaired) electrons. The molecule has 14 heavy (non-hydrogen) atoms. The van der Waals surface area contributed by atoms with Crippen molar-refractivity contribution in [2.45, 2.75) is 6.10 Å². The summed E-state index contributed by atoms with van der Waals surface area (Å²) in [4.78, 5) is 10.6. The zero-order valence-corrected chi connectivity index (χ0v) is 7.11. The highest BCUT2D eigenvalue weighted by Gasteiger charge is 2.20. The molecule has 0 fully saturated rings. The van der Waals surface area contributed by atoms with Crippen LogP contribution in [-0.4, -0.2) is 17.2 Å². The van der Waals surface area contributed by atoms with Crippen LogP contribution in [0.4, 0.5) is 4.39 Å². The summed E-state index contributed by atoms with van der Waals surface area (Å²) in [5, 5.41) is 8.67. The number of carboxylic acids is 1. The molecule has 2 rings (SSSR count). The molecule has 0 saturated carbocycles. The van der Waals surface area contributed by atoms with E-state index in [2.05, 4.69) is 0 Å². The van der Waals surface area contributed by atoms with Crippen molar-refractivity contribution in [2.75, 3.05) is 0 Å². The molecule has 1 aromatic carbocycles. The van der Waals surface area contributed by atoms with Crippen LogP contribution in [0.2, 0.25) is 0 Å². The van der Waals surface area contributed by atoms with Gasteiger partial charge in [-0.1, -0.05) is 6.08 Å². The van der Waals surface area contributed by atoms with Gasteiger partial charge in [0.15, 0.2) is 0 Å². The van der Waals surface area contributed by atoms with Crippen LogP contribution in [0.1, 0.15) is 5.56 Å². The predicted molar refractivity (Wildman–Crippen MR) is 47.5 cm³/mol. The van der Waals surface area contributed by atoms with E-state index < -0.39 is 12.1 Å². The lowest BCUT2D eigenvalue weighted by atomic mass is 10.1. The molecule has 3 nitrogen and oxygen atoms in total. The monoisotopic (exact) mass is 194 g/mol. The first kappa shape index (κ1) is 8.74. The molecule has 0 saturated heterocycles. The van der Waals surface area contributed by atoms with E-state index in [0.29, 0.717) is 11.3 Å². The molecule has 1 N–H and O–H groups in total. The topological polar surface area (TPSA) is 46.5 Å². The molecule has 0 bridgehead atoms. The highest BCUT2D eigenvalue weighted by Crippen LogP contribution is 2.26. The summed E-state index contributed by atoms with van der Waals surface area (Å²) in [5.41, 5.74) is 0.558. The highest BCUT2D eigenvalue weighted by atomic mass is 19.1. The summed E-state index contributed by atoms with van der Waals surface area (Å²) < 4.78 is 17.8. The van der Waals surface area contributed by atoms with Crippen molar-refractivity contribution in [3.05, 3.63) is 35.7 Å². The van der Waals surface area contributed by atoms with E-state index in [-0.39, 0.29) is 5.82 Å². The number of aliphatic carboxylic acids is 1. The van der Waals surface area contributed by atoms with Gasteiger partial charge in [0.05, 0.1) is 0 Å².